The topological polar surface area (TPSA) is 35.5 Å². The number of rotatable bonds is 6. The summed E-state index contributed by atoms with van der Waals surface area (Å²) in [5.74, 6) is -0.199. The third kappa shape index (κ3) is 3.81. The number of halogens is 1. The van der Waals surface area contributed by atoms with Crippen molar-refractivity contribution in [2.45, 2.75) is 33.8 Å². The molecule has 0 saturated heterocycles. The molecular weight excluding hydrogens is 235 g/mol. The highest BCUT2D eigenvalue weighted by Crippen LogP contribution is 2.25. The first-order valence-corrected chi connectivity index (χ1v) is 6.01. The van der Waals surface area contributed by atoms with E-state index >= 15 is 0 Å². The fourth-order valence-corrected chi connectivity index (χ4v) is 1.72. The predicted octanol–water partition coefficient (Wildman–Crippen LogP) is 3.14. The van der Waals surface area contributed by atoms with Crippen LogP contribution in [0.2, 0.25) is 0 Å². The van der Waals surface area contributed by atoms with Crippen LogP contribution in [0.5, 0.6) is 5.75 Å². The van der Waals surface area contributed by atoms with Crippen LogP contribution >= 0.6 is 0 Å². The standard InChI is InChI=1S/C14H19FO3/c1-5-17-10(3)8-18-14-9(2)6-12(15)7-13(14)11(4)16/h6-7,10H,5,8H2,1-4H3. The second-order valence-corrected chi connectivity index (χ2v) is 4.23. The minimum Gasteiger partial charge on any atom is -0.490 e. The Morgan fingerprint density at radius 1 is 1.44 bits per heavy atom. The number of ether oxygens (including phenoxy) is 2. The van der Waals surface area contributed by atoms with Crippen molar-refractivity contribution in [3.63, 3.8) is 0 Å². The largest absolute Gasteiger partial charge is 0.490 e. The summed E-state index contributed by atoms with van der Waals surface area (Å²) in [5, 5.41) is 0. The number of aryl methyl sites for hydroxylation is 1. The average Bonchev–Trinajstić information content (AvgIpc) is 2.27. The maximum atomic E-state index is 13.3. The zero-order chi connectivity index (χ0) is 13.7. The van der Waals surface area contributed by atoms with Crippen LogP contribution in [-0.4, -0.2) is 25.1 Å². The zero-order valence-electron chi connectivity index (χ0n) is 11.2. The first kappa shape index (κ1) is 14.6. The van der Waals surface area contributed by atoms with E-state index in [0.717, 1.165) is 0 Å². The van der Waals surface area contributed by atoms with E-state index in [1.54, 1.807) is 6.92 Å². The third-order valence-electron chi connectivity index (χ3n) is 2.53. The van der Waals surface area contributed by atoms with Gasteiger partial charge in [-0.2, -0.15) is 0 Å². The van der Waals surface area contributed by atoms with Gasteiger partial charge in [-0.3, -0.25) is 4.79 Å². The smallest absolute Gasteiger partial charge is 0.163 e. The van der Waals surface area contributed by atoms with Gasteiger partial charge >= 0.3 is 0 Å². The highest BCUT2D eigenvalue weighted by molar-refractivity contribution is 5.97. The van der Waals surface area contributed by atoms with Crippen LogP contribution < -0.4 is 4.74 Å². The fraction of sp³-hybridized carbons (Fsp3) is 0.500. The fourth-order valence-electron chi connectivity index (χ4n) is 1.72. The van der Waals surface area contributed by atoms with Crippen molar-refractivity contribution < 1.29 is 18.7 Å². The highest BCUT2D eigenvalue weighted by Gasteiger charge is 2.14. The zero-order valence-corrected chi connectivity index (χ0v) is 11.2. The van der Waals surface area contributed by atoms with E-state index in [9.17, 15) is 9.18 Å². The molecule has 1 atom stereocenters. The van der Waals surface area contributed by atoms with E-state index in [2.05, 4.69) is 0 Å². The Hall–Kier alpha value is -1.42. The number of ketones is 1. The van der Waals surface area contributed by atoms with E-state index in [4.69, 9.17) is 9.47 Å². The van der Waals surface area contributed by atoms with Gasteiger partial charge in [-0.1, -0.05) is 0 Å². The lowest BCUT2D eigenvalue weighted by molar-refractivity contribution is 0.0397. The van der Waals surface area contributed by atoms with Crippen molar-refractivity contribution in [3.8, 4) is 5.75 Å². The number of hydrogen-bond donors (Lipinski definition) is 0. The molecule has 0 aliphatic heterocycles. The highest BCUT2D eigenvalue weighted by atomic mass is 19.1. The molecule has 18 heavy (non-hydrogen) atoms. The lowest BCUT2D eigenvalue weighted by Crippen LogP contribution is -2.19. The van der Waals surface area contributed by atoms with Gasteiger partial charge in [-0.15, -0.1) is 0 Å². The van der Waals surface area contributed by atoms with Crippen molar-refractivity contribution in [2.24, 2.45) is 0 Å². The lowest BCUT2D eigenvalue weighted by Gasteiger charge is -2.16. The van der Waals surface area contributed by atoms with Gasteiger partial charge in [0.25, 0.3) is 0 Å². The second-order valence-electron chi connectivity index (χ2n) is 4.23. The molecule has 1 aromatic carbocycles. The Bertz CT molecular complexity index is 429. The molecule has 1 aromatic rings. The molecule has 0 spiro atoms. The first-order chi connectivity index (χ1) is 8.45. The quantitative estimate of drug-likeness (QED) is 0.732. The number of benzene rings is 1. The van der Waals surface area contributed by atoms with Gasteiger partial charge in [-0.05, 0) is 45.4 Å². The van der Waals surface area contributed by atoms with Gasteiger partial charge in [-0.25, -0.2) is 4.39 Å². The van der Waals surface area contributed by atoms with Crippen molar-refractivity contribution in [1.82, 2.24) is 0 Å². The van der Waals surface area contributed by atoms with E-state index in [1.807, 2.05) is 13.8 Å². The molecular formula is C14H19FO3. The summed E-state index contributed by atoms with van der Waals surface area (Å²) >= 11 is 0. The van der Waals surface area contributed by atoms with Gasteiger partial charge in [0.15, 0.2) is 5.78 Å². The molecule has 0 aromatic heterocycles. The van der Waals surface area contributed by atoms with Crippen LogP contribution in [0.15, 0.2) is 12.1 Å². The average molecular weight is 254 g/mol. The van der Waals surface area contributed by atoms with Crippen LogP contribution in [0.25, 0.3) is 0 Å². The minimum atomic E-state index is -0.428. The van der Waals surface area contributed by atoms with Crippen molar-refractivity contribution in [3.05, 3.63) is 29.1 Å². The Morgan fingerprint density at radius 3 is 2.67 bits per heavy atom. The molecule has 0 heterocycles. The number of carbonyl (C=O) groups is 1. The molecule has 0 bridgehead atoms. The third-order valence-corrected chi connectivity index (χ3v) is 2.53. The first-order valence-electron chi connectivity index (χ1n) is 6.01. The van der Waals surface area contributed by atoms with Gasteiger partial charge in [0.2, 0.25) is 0 Å². The summed E-state index contributed by atoms with van der Waals surface area (Å²) in [6, 6.07) is 2.56. The van der Waals surface area contributed by atoms with E-state index < -0.39 is 5.82 Å². The molecule has 0 aliphatic carbocycles. The molecule has 4 heteroatoms. The van der Waals surface area contributed by atoms with Crippen molar-refractivity contribution >= 4 is 5.78 Å². The predicted molar refractivity (Wildman–Crippen MR) is 67.7 cm³/mol. The summed E-state index contributed by atoms with van der Waals surface area (Å²) in [6.45, 7) is 7.84. The SMILES string of the molecule is CCOC(C)COc1c(C)cc(F)cc1C(C)=O. The number of Topliss-reactive ketones (excluding diaryl/α,β-unsaturated/α-hetero) is 1. The van der Waals surface area contributed by atoms with Gasteiger partial charge < -0.3 is 9.47 Å². The van der Waals surface area contributed by atoms with E-state index in [-0.39, 0.29) is 17.5 Å². The molecule has 0 amide bonds. The monoisotopic (exact) mass is 254 g/mol. The summed E-state index contributed by atoms with van der Waals surface area (Å²) < 4.78 is 24.2. The molecule has 1 unspecified atom stereocenters. The second kappa shape index (κ2) is 6.50. The van der Waals surface area contributed by atoms with Crippen LogP contribution in [-0.2, 0) is 4.74 Å². The van der Waals surface area contributed by atoms with Gasteiger partial charge in [0, 0.05) is 6.61 Å². The Balaban J connectivity index is 2.90. The molecule has 3 nitrogen and oxygen atoms in total. The maximum Gasteiger partial charge on any atom is 0.163 e. The number of hydrogen-bond acceptors (Lipinski definition) is 3. The van der Waals surface area contributed by atoms with Gasteiger partial charge in [0.05, 0.1) is 11.7 Å². The van der Waals surface area contributed by atoms with Crippen molar-refractivity contribution in [1.29, 1.82) is 0 Å². The molecule has 0 radical (unpaired) electrons. The normalized spacial score (nSPS) is 12.3. The molecule has 0 N–H and O–H groups in total. The van der Waals surface area contributed by atoms with Crippen molar-refractivity contribution in [2.75, 3.05) is 13.2 Å². The Labute approximate surface area is 107 Å². The summed E-state index contributed by atoms with van der Waals surface area (Å²) in [7, 11) is 0. The lowest BCUT2D eigenvalue weighted by atomic mass is 10.1. The molecule has 0 fully saturated rings. The summed E-state index contributed by atoms with van der Waals surface area (Å²) in [5.41, 5.74) is 0.889. The van der Waals surface area contributed by atoms with Crippen LogP contribution in [0, 0.1) is 12.7 Å². The number of carbonyl (C=O) groups excluding carboxylic acids is 1. The summed E-state index contributed by atoms with van der Waals surface area (Å²) in [4.78, 5) is 11.5. The van der Waals surface area contributed by atoms with Crippen LogP contribution in [0.3, 0.4) is 0 Å². The Morgan fingerprint density at radius 2 is 2.11 bits per heavy atom. The minimum absolute atomic E-state index is 0.0701. The molecule has 100 valence electrons. The van der Waals surface area contributed by atoms with Gasteiger partial charge in [0.1, 0.15) is 18.2 Å². The van der Waals surface area contributed by atoms with E-state index in [1.165, 1.54) is 19.1 Å². The molecule has 1 rings (SSSR count). The molecule has 0 saturated carbocycles. The maximum absolute atomic E-state index is 13.3. The van der Waals surface area contributed by atoms with E-state index in [0.29, 0.717) is 24.5 Å². The van der Waals surface area contributed by atoms with Crippen LogP contribution in [0.1, 0.15) is 36.7 Å². The Kier molecular flexibility index (Phi) is 5.28. The summed E-state index contributed by atoms with van der Waals surface area (Å²) in [6.07, 6.45) is -0.0701. The van der Waals surface area contributed by atoms with Crippen LogP contribution in [0.4, 0.5) is 4.39 Å². The molecule has 0 aliphatic rings.